The van der Waals surface area contributed by atoms with Crippen molar-refractivity contribution < 1.29 is 9.18 Å². The molecule has 4 heteroatoms. The van der Waals surface area contributed by atoms with Gasteiger partial charge in [0.25, 0.3) is 0 Å². The van der Waals surface area contributed by atoms with Crippen molar-refractivity contribution in [1.82, 2.24) is 0 Å². The van der Waals surface area contributed by atoms with E-state index >= 15 is 0 Å². The highest BCUT2D eigenvalue weighted by atomic mass is 79.9. The fourth-order valence-corrected chi connectivity index (χ4v) is 2.46. The molecule has 0 radical (unpaired) electrons. The number of nitrogen functional groups attached to an aromatic ring is 1. The smallest absolute Gasteiger partial charge is 0.198 e. The Kier molecular flexibility index (Phi) is 3.71. The zero-order chi connectivity index (χ0) is 14.2. The number of aryl methyl sites for hydroxylation is 2. The number of carbonyl (C=O) groups excluding carboxylic acids is 1. The van der Waals surface area contributed by atoms with E-state index in [0.29, 0.717) is 16.8 Å². The fraction of sp³-hybridized carbons (Fsp3) is 0.133. The van der Waals surface area contributed by atoms with Crippen LogP contribution in [0.25, 0.3) is 0 Å². The van der Waals surface area contributed by atoms with Crippen LogP contribution in [-0.4, -0.2) is 5.78 Å². The van der Waals surface area contributed by atoms with Gasteiger partial charge in [-0.05, 0) is 49.2 Å². The standard InChI is InChI=1S/C15H13BrFNO/c1-8-5-9(2)14(12(17)6-8)15(19)11-4-3-10(16)7-13(11)18/h3-7H,18H2,1-2H3. The largest absolute Gasteiger partial charge is 0.398 e. The minimum absolute atomic E-state index is 0.0830. The molecular weight excluding hydrogens is 309 g/mol. The third-order valence-electron chi connectivity index (χ3n) is 2.92. The van der Waals surface area contributed by atoms with Crippen LogP contribution in [0.3, 0.4) is 0 Å². The lowest BCUT2D eigenvalue weighted by Crippen LogP contribution is -2.10. The van der Waals surface area contributed by atoms with Crippen LogP contribution in [0.5, 0.6) is 0 Å². The predicted octanol–water partition coefficient (Wildman–Crippen LogP) is 4.02. The number of hydrogen-bond acceptors (Lipinski definition) is 2. The first-order chi connectivity index (χ1) is 8.90. The Labute approximate surface area is 119 Å². The zero-order valence-electron chi connectivity index (χ0n) is 10.6. The molecule has 0 aliphatic rings. The molecule has 2 aromatic rings. The molecule has 0 saturated carbocycles. The molecule has 2 aromatic carbocycles. The highest BCUT2D eigenvalue weighted by molar-refractivity contribution is 9.10. The van der Waals surface area contributed by atoms with E-state index in [1.807, 2.05) is 0 Å². The Morgan fingerprint density at radius 3 is 2.47 bits per heavy atom. The van der Waals surface area contributed by atoms with E-state index < -0.39 is 5.82 Å². The zero-order valence-corrected chi connectivity index (χ0v) is 12.2. The van der Waals surface area contributed by atoms with Gasteiger partial charge in [0, 0.05) is 15.7 Å². The molecule has 0 unspecified atom stereocenters. The van der Waals surface area contributed by atoms with E-state index in [4.69, 9.17) is 5.73 Å². The third kappa shape index (κ3) is 2.68. The van der Waals surface area contributed by atoms with Crippen LogP contribution in [0.2, 0.25) is 0 Å². The number of anilines is 1. The summed E-state index contributed by atoms with van der Waals surface area (Å²) in [5.74, 6) is -0.898. The average molecular weight is 322 g/mol. The van der Waals surface area contributed by atoms with Crippen LogP contribution in [0.15, 0.2) is 34.8 Å². The predicted molar refractivity (Wildman–Crippen MR) is 77.9 cm³/mol. The highest BCUT2D eigenvalue weighted by Gasteiger charge is 2.19. The maximum atomic E-state index is 14.0. The normalized spacial score (nSPS) is 10.5. The van der Waals surface area contributed by atoms with Gasteiger partial charge in [-0.2, -0.15) is 0 Å². The minimum atomic E-state index is -0.509. The second-order valence-corrected chi connectivity index (χ2v) is 5.42. The van der Waals surface area contributed by atoms with Crippen molar-refractivity contribution in [2.24, 2.45) is 0 Å². The maximum Gasteiger partial charge on any atom is 0.198 e. The summed E-state index contributed by atoms with van der Waals surface area (Å²) in [4.78, 5) is 12.4. The van der Waals surface area contributed by atoms with Gasteiger partial charge in [-0.1, -0.05) is 22.0 Å². The van der Waals surface area contributed by atoms with Gasteiger partial charge >= 0.3 is 0 Å². The van der Waals surface area contributed by atoms with Crippen molar-refractivity contribution in [3.05, 3.63) is 62.9 Å². The van der Waals surface area contributed by atoms with Crippen molar-refractivity contribution in [1.29, 1.82) is 0 Å². The quantitative estimate of drug-likeness (QED) is 0.670. The summed E-state index contributed by atoms with van der Waals surface area (Å²) in [5.41, 5.74) is 7.95. The van der Waals surface area contributed by atoms with Gasteiger partial charge in [0.15, 0.2) is 5.78 Å². The lowest BCUT2D eigenvalue weighted by Gasteiger charge is -2.10. The monoisotopic (exact) mass is 321 g/mol. The van der Waals surface area contributed by atoms with Gasteiger partial charge in [0.2, 0.25) is 0 Å². The number of halogens is 2. The summed E-state index contributed by atoms with van der Waals surface area (Å²) < 4.78 is 14.8. The summed E-state index contributed by atoms with van der Waals surface area (Å²) >= 11 is 3.27. The van der Waals surface area contributed by atoms with E-state index in [2.05, 4.69) is 15.9 Å². The van der Waals surface area contributed by atoms with Crippen molar-refractivity contribution in [3.8, 4) is 0 Å². The molecule has 0 aliphatic heterocycles. The summed E-state index contributed by atoms with van der Waals surface area (Å²) in [5, 5.41) is 0. The lowest BCUT2D eigenvalue weighted by atomic mass is 9.96. The molecule has 19 heavy (non-hydrogen) atoms. The Bertz CT molecular complexity index is 644. The lowest BCUT2D eigenvalue weighted by molar-refractivity contribution is 0.103. The van der Waals surface area contributed by atoms with Gasteiger partial charge in [-0.15, -0.1) is 0 Å². The van der Waals surface area contributed by atoms with Crippen LogP contribution in [0, 0.1) is 19.7 Å². The van der Waals surface area contributed by atoms with Crippen LogP contribution in [-0.2, 0) is 0 Å². The summed E-state index contributed by atoms with van der Waals surface area (Å²) in [6.45, 7) is 3.51. The maximum absolute atomic E-state index is 14.0. The Hall–Kier alpha value is -1.68. The van der Waals surface area contributed by atoms with Crippen LogP contribution in [0.1, 0.15) is 27.0 Å². The van der Waals surface area contributed by atoms with Gasteiger partial charge in [-0.25, -0.2) is 4.39 Å². The molecule has 2 nitrogen and oxygen atoms in total. The molecule has 2 N–H and O–H groups in total. The van der Waals surface area contributed by atoms with Crippen molar-refractivity contribution in [2.75, 3.05) is 5.73 Å². The SMILES string of the molecule is Cc1cc(C)c(C(=O)c2ccc(Br)cc2N)c(F)c1. The molecule has 0 atom stereocenters. The minimum Gasteiger partial charge on any atom is -0.398 e. The topological polar surface area (TPSA) is 43.1 Å². The van der Waals surface area contributed by atoms with E-state index in [1.165, 1.54) is 6.07 Å². The van der Waals surface area contributed by atoms with Crippen LogP contribution in [0.4, 0.5) is 10.1 Å². The molecule has 0 saturated heterocycles. The van der Waals surface area contributed by atoms with Crippen molar-refractivity contribution >= 4 is 27.4 Å². The van der Waals surface area contributed by atoms with Gasteiger partial charge in [0.1, 0.15) is 5.82 Å². The molecule has 0 bridgehead atoms. The van der Waals surface area contributed by atoms with Gasteiger partial charge in [0.05, 0.1) is 5.56 Å². The first-order valence-electron chi connectivity index (χ1n) is 5.76. The highest BCUT2D eigenvalue weighted by Crippen LogP contribution is 2.24. The molecule has 0 spiro atoms. The molecule has 0 fully saturated rings. The summed E-state index contributed by atoms with van der Waals surface area (Å²) in [6.07, 6.45) is 0. The van der Waals surface area contributed by atoms with Crippen LogP contribution >= 0.6 is 15.9 Å². The first kappa shape index (κ1) is 13.7. The molecule has 2 rings (SSSR count). The molecule has 98 valence electrons. The number of ketones is 1. The fourth-order valence-electron chi connectivity index (χ4n) is 2.08. The number of benzene rings is 2. The summed E-state index contributed by atoms with van der Waals surface area (Å²) in [7, 11) is 0. The Morgan fingerprint density at radius 2 is 1.89 bits per heavy atom. The second kappa shape index (κ2) is 5.13. The first-order valence-corrected chi connectivity index (χ1v) is 6.56. The van der Waals surface area contributed by atoms with Crippen molar-refractivity contribution in [2.45, 2.75) is 13.8 Å². The number of hydrogen-bond donors (Lipinski definition) is 1. The van der Waals surface area contributed by atoms with E-state index in [1.54, 1.807) is 38.1 Å². The summed E-state index contributed by atoms with van der Waals surface area (Å²) in [6, 6.07) is 8.08. The second-order valence-electron chi connectivity index (χ2n) is 4.50. The van der Waals surface area contributed by atoms with E-state index in [0.717, 1.165) is 10.0 Å². The number of rotatable bonds is 2. The number of carbonyl (C=O) groups is 1. The molecule has 0 heterocycles. The van der Waals surface area contributed by atoms with Gasteiger partial charge in [-0.3, -0.25) is 4.79 Å². The Morgan fingerprint density at radius 1 is 1.21 bits per heavy atom. The van der Waals surface area contributed by atoms with E-state index in [-0.39, 0.29) is 11.3 Å². The molecule has 0 amide bonds. The molecule has 0 aromatic heterocycles. The van der Waals surface area contributed by atoms with E-state index in [9.17, 15) is 9.18 Å². The van der Waals surface area contributed by atoms with Gasteiger partial charge < -0.3 is 5.73 Å². The van der Waals surface area contributed by atoms with Crippen LogP contribution < -0.4 is 5.73 Å². The van der Waals surface area contributed by atoms with Crippen molar-refractivity contribution in [3.63, 3.8) is 0 Å². The molecule has 0 aliphatic carbocycles. The third-order valence-corrected chi connectivity index (χ3v) is 3.41. The Balaban J connectivity index is 2.56. The number of nitrogens with two attached hydrogens (primary N) is 1. The average Bonchev–Trinajstić information content (AvgIpc) is 2.26. The molecular formula is C15H13BrFNO.